The van der Waals surface area contributed by atoms with Crippen molar-refractivity contribution >= 4 is 11.5 Å². The van der Waals surface area contributed by atoms with E-state index in [-0.39, 0.29) is 6.04 Å². The number of nitrogens with zero attached hydrogens (tertiary/aromatic N) is 2. The third-order valence-corrected chi connectivity index (χ3v) is 3.63. The van der Waals surface area contributed by atoms with Crippen molar-refractivity contribution in [2.75, 3.05) is 30.8 Å². The summed E-state index contributed by atoms with van der Waals surface area (Å²) in [5.74, 6) is 0.799. The fraction of sp³-hybridized carbons (Fsp3) is 0.769. The highest BCUT2D eigenvalue weighted by molar-refractivity contribution is 5.65. The van der Waals surface area contributed by atoms with Crippen molar-refractivity contribution in [2.45, 2.75) is 45.3 Å². The summed E-state index contributed by atoms with van der Waals surface area (Å²) in [4.78, 5) is 0. The topological polar surface area (TPSA) is 85.3 Å². The number of aliphatic hydroxyl groups is 1. The standard InChI is InChI=1S/C13H24N4O2/c1-9(2)17-12(11(14)10(3)16-17)15-8-13(18)4-6-19-7-5-13/h9,15,18H,4-8,14H2,1-3H3. The fourth-order valence-electron chi connectivity index (χ4n) is 2.29. The van der Waals surface area contributed by atoms with Crippen molar-refractivity contribution < 1.29 is 9.84 Å². The molecule has 0 atom stereocenters. The predicted molar refractivity (Wildman–Crippen MR) is 75.3 cm³/mol. The lowest BCUT2D eigenvalue weighted by Crippen LogP contribution is -2.42. The number of nitrogens with two attached hydrogens (primary N) is 1. The molecule has 2 heterocycles. The second-order valence-electron chi connectivity index (χ2n) is 5.58. The van der Waals surface area contributed by atoms with Crippen LogP contribution < -0.4 is 11.1 Å². The van der Waals surface area contributed by atoms with Crippen LogP contribution in [0.25, 0.3) is 0 Å². The lowest BCUT2D eigenvalue weighted by molar-refractivity contribution is -0.0544. The number of rotatable bonds is 4. The summed E-state index contributed by atoms with van der Waals surface area (Å²) >= 11 is 0. The maximum Gasteiger partial charge on any atom is 0.148 e. The maximum absolute atomic E-state index is 10.4. The minimum absolute atomic E-state index is 0.225. The molecule has 0 spiro atoms. The Bertz CT molecular complexity index is 436. The highest BCUT2D eigenvalue weighted by Crippen LogP contribution is 2.27. The van der Waals surface area contributed by atoms with Gasteiger partial charge in [-0.05, 0) is 20.8 Å². The van der Waals surface area contributed by atoms with E-state index in [2.05, 4.69) is 24.3 Å². The van der Waals surface area contributed by atoms with E-state index < -0.39 is 5.60 Å². The van der Waals surface area contributed by atoms with Gasteiger partial charge < -0.3 is 20.9 Å². The molecule has 1 aliphatic heterocycles. The van der Waals surface area contributed by atoms with Crippen molar-refractivity contribution in [1.29, 1.82) is 0 Å². The molecule has 108 valence electrons. The van der Waals surface area contributed by atoms with Crippen LogP contribution in [0.5, 0.6) is 0 Å². The molecule has 1 fully saturated rings. The molecule has 6 nitrogen and oxygen atoms in total. The van der Waals surface area contributed by atoms with Gasteiger partial charge in [0.15, 0.2) is 0 Å². The zero-order valence-corrected chi connectivity index (χ0v) is 11.9. The monoisotopic (exact) mass is 268 g/mol. The fourth-order valence-corrected chi connectivity index (χ4v) is 2.29. The van der Waals surface area contributed by atoms with Crippen molar-refractivity contribution in [3.05, 3.63) is 5.69 Å². The van der Waals surface area contributed by atoms with Gasteiger partial charge in [0.2, 0.25) is 0 Å². The Balaban J connectivity index is 2.10. The maximum atomic E-state index is 10.4. The van der Waals surface area contributed by atoms with Crippen LogP contribution in [0.1, 0.15) is 38.4 Å². The zero-order valence-electron chi connectivity index (χ0n) is 11.9. The molecule has 0 amide bonds. The summed E-state index contributed by atoms with van der Waals surface area (Å²) in [6.45, 7) is 7.69. The molecule has 19 heavy (non-hydrogen) atoms. The van der Waals surface area contributed by atoms with Gasteiger partial charge in [0.25, 0.3) is 0 Å². The molecule has 1 aliphatic rings. The highest BCUT2D eigenvalue weighted by atomic mass is 16.5. The van der Waals surface area contributed by atoms with E-state index in [1.165, 1.54) is 0 Å². The first kappa shape index (κ1) is 14.1. The first-order chi connectivity index (χ1) is 8.93. The van der Waals surface area contributed by atoms with E-state index in [0.29, 0.717) is 38.3 Å². The van der Waals surface area contributed by atoms with Gasteiger partial charge in [-0.25, -0.2) is 4.68 Å². The number of nitrogens with one attached hydrogen (secondary N) is 1. The molecule has 6 heteroatoms. The largest absolute Gasteiger partial charge is 0.394 e. The smallest absolute Gasteiger partial charge is 0.148 e. The van der Waals surface area contributed by atoms with E-state index in [1.807, 2.05) is 11.6 Å². The third kappa shape index (κ3) is 3.01. The van der Waals surface area contributed by atoms with Crippen LogP contribution in [0.3, 0.4) is 0 Å². The van der Waals surface area contributed by atoms with Crippen molar-refractivity contribution in [3.8, 4) is 0 Å². The Labute approximate surface area is 113 Å². The second kappa shape index (κ2) is 5.38. The van der Waals surface area contributed by atoms with Crippen molar-refractivity contribution in [1.82, 2.24) is 9.78 Å². The number of aryl methyl sites for hydroxylation is 1. The van der Waals surface area contributed by atoms with Gasteiger partial charge in [-0.15, -0.1) is 0 Å². The first-order valence-electron chi connectivity index (χ1n) is 6.81. The minimum atomic E-state index is -0.718. The minimum Gasteiger partial charge on any atom is -0.394 e. The first-order valence-corrected chi connectivity index (χ1v) is 6.81. The molecule has 1 aromatic heterocycles. The summed E-state index contributed by atoms with van der Waals surface area (Å²) in [6.07, 6.45) is 1.30. The van der Waals surface area contributed by atoms with Gasteiger partial charge in [-0.1, -0.05) is 0 Å². The molecule has 0 unspecified atom stereocenters. The molecule has 1 saturated heterocycles. The van der Waals surface area contributed by atoms with Crippen LogP contribution in [0.4, 0.5) is 11.5 Å². The van der Waals surface area contributed by atoms with Gasteiger partial charge in [-0.2, -0.15) is 5.10 Å². The number of aromatic nitrogens is 2. The van der Waals surface area contributed by atoms with E-state index >= 15 is 0 Å². The van der Waals surface area contributed by atoms with Crippen LogP contribution in [-0.4, -0.2) is 40.2 Å². The summed E-state index contributed by atoms with van der Waals surface area (Å²) in [7, 11) is 0. The van der Waals surface area contributed by atoms with E-state index in [4.69, 9.17) is 10.5 Å². The van der Waals surface area contributed by atoms with Crippen molar-refractivity contribution in [3.63, 3.8) is 0 Å². The Hall–Kier alpha value is -1.27. The van der Waals surface area contributed by atoms with E-state index in [9.17, 15) is 5.11 Å². The van der Waals surface area contributed by atoms with Gasteiger partial charge in [0.05, 0.1) is 17.0 Å². The van der Waals surface area contributed by atoms with Crippen molar-refractivity contribution in [2.24, 2.45) is 0 Å². The van der Waals surface area contributed by atoms with E-state index in [0.717, 1.165) is 11.5 Å². The van der Waals surface area contributed by atoms with Gasteiger partial charge >= 0.3 is 0 Å². The molecule has 2 rings (SSSR count). The Morgan fingerprint density at radius 1 is 1.47 bits per heavy atom. The average molecular weight is 268 g/mol. The number of hydrogen-bond donors (Lipinski definition) is 3. The second-order valence-corrected chi connectivity index (χ2v) is 5.58. The Morgan fingerprint density at radius 2 is 2.11 bits per heavy atom. The summed E-state index contributed by atoms with van der Waals surface area (Å²) in [6, 6.07) is 0.225. The van der Waals surface area contributed by atoms with Gasteiger partial charge in [-0.3, -0.25) is 0 Å². The highest BCUT2D eigenvalue weighted by Gasteiger charge is 2.30. The molecule has 0 saturated carbocycles. The molecule has 1 aromatic rings. The van der Waals surface area contributed by atoms with E-state index in [1.54, 1.807) is 0 Å². The lowest BCUT2D eigenvalue weighted by atomic mass is 9.94. The number of anilines is 2. The number of ether oxygens (including phenoxy) is 1. The third-order valence-electron chi connectivity index (χ3n) is 3.63. The average Bonchev–Trinajstić information content (AvgIpc) is 2.65. The van der Waals surface area contributed by atoms with Crippen LogP contribution in [0, 0.1) is 6.92 Å². The predicted octanol–water partition coefficient (Wildman–Crippen LogP) is 1.31. The Kier molecular flexibility index (Phi) is 4.01. The molecule has 0 aliphatic carbocycles. The summed E-state index contributed by atoms with van der Waals surface area (Å²) < 4.78 is 7.15. The quantitative estimate of drug-likeness (QED) is 0.766. The van der Waals surface area contributed by atoms with Gasteiger partial charge in [0.1, 0.15) is 5.82 Å². The SMILES string of the molecule is Cc1nn(C(C)C)c(NCC2(O)CCOCC2)c1N. The van der Waals surface area contributed by atoms with Crippen LogP contribution in [0.15, 0.2) is 0 Å². The van der Waals surface area contributed by atoms with Crippen LogP contribution in [-0.2, 0) is 4.74 Å². The number of nitrogen functional groups attached to an aromatic ring is 1. The number of hydrogen-bond acceptors (Lipinski definition) is 5. The summed E-state index contributed by atoms with van der Waals surface area (Å²) in [5, 5.41) is 18.1. The van der Waals surface area contributed by atoms with Gasteiger partial charge in [0, 0.05) is 38.6 Å². The Morgan fingerprint density at radius 3 is 2.68 bits per heavy atom. The normalized spacial score (nSPS) is 18.8. The molecule has 0 radical (unpaired) electrons. The van der Waals surface area contributed by atoms with Crippen LogP contribution in [0.2, 0.25) is 0 Å². The molecular weight excluding hydrogens is 244 g/mol. The molecule has 0 bridgehead atoms. The molecule has 4 N–H and O–H groups in total. The molecule has 0 aromatic carbocycles. The summed E-state index contributed by atoms with van der Waals surface area (Å²) in [5.41, 5.74) is 6.80. The van der Waals surface area contributed by atoms with Crippen LogP contribution >= 0.6 is 0 Å². The lowest BCUT2D eigenvalue weighted by Gasteiger charge is -2.32. The zero-order chi connectivity index (χ0) is 14.0. The molecular formula is C13H24N4O2.